The Morgan fingerprint density at radius 3 is 1.10 bits per heavy atom. The second kappa shape index (κ2) is 14.8. The number of carboxylic acids is 3. The minimum absolute atomic E-state index is 0. The van der Waals surface area contributed by atoms with Crippen LogP contribution >= 0.6 is 0 Å². The van der Waals surface area contributed by atoms with Crippen LogP contribution in [0.2, 0.25) is 0 Å². The normalized spacial score (nSPS) is 9.48. The topological polar surface area (TPSA) is 207 Å². The fourth-order valence-electron chi connectivity index (χ4n) is 0.714. The second-order valence-corrected chi connectivity index (χ2v) is 3.82. The van der Waals surface area contributed by atoms with Gasteiger partial charge in [-0.15, -0.1) is 0 Å². The molecule has 0 saturated carbocycles. The fraction of sp³-hybridized carbons (Fsp3) is 0.500. The molecule has 6 N–H and O–H groups in total. The Hall–Kier alpha value is 1.24. The first-order valence-corrected chi connectivity index (χ1v) is 5.27. The third kappa shape index (κ3) is 26.5. The molecule has 0 rings (SSSR count). The first-order valence-electron chi connectivity index (χ1n) is 3.87. The second-order valence-electron chi connectivity index (χ2n) is 2.93. The van der Waals surface area contributed by atoms with Gasteiger partial charge in [0.2, 0.25) is 0 Å². The first-order chi connectivity index (χ1) is 7.78. The average molecular weight is 362 g/mol. The van der Waals surface area contributed by atoms with Crippen LogP contribution in [0.3, 0.4) is 0 Å². The Bertz CT molecular complexity index is 409. The van der Waals surface area contributed by atoms with Crippen molar-refractivity contribution in [2.24, 2.45) is 0 Å². The zero-order chi connectivity index (χ0) is 15.1. The van der Waals surface area contributed by atoms with Crippen molar-refractivity contribution in [1.29, 1.82) is 0 Å². The molecular formula is C6H13Na3O11S. The van der Waals surface area contributed by atoms with Crippen molar-refractivity contribution in [3.05, 3.63) is 0 Å². The number of carbonyl (C=O) groups is 3. The number of aliphatic hydroxyl groups is 1. The fourth-order valence-corrected chi connectivity index (χ4v) is 0.714. The van der Waals surface area contributed by atoms with E-state index in [1.54, 1.807) is 0 Å². The van der Waals surface area contributed by atoms with Gasteiger partial charge in [-0.25, -0.2) is 4.79 Å². The number of aliphatic carboxylic acids is 3. The van der Waals surface area contributed by atoms with Gasteiger partial charge in [0.25, 0.3) is 0 Å². The van der Waals surface area contributed by atoms with Gasteiger partial charge in [0.15, 0.2) is 5.60 Å². The molecule has 11 nitrogen and oxygen atoms in total. The van der Waals surface area contributed by atoms with E-state index in [1.807, 2.05) is 0 Å². The molecule has 0 heterocycles. The van der Waals surface area contributed by atoms with Crippen LogP contribution in [0, 0.1) is 0 Å². The minimum atomic E-state index is -4.67. The molecule has 0 unspecified atom stereocenters. The molecule has 0 aliphatic carbocycles. The van der Waals surface area contributed by atoms with Crippen molar-refractivity contribution < 1.29 is 52.3 Å². The van der Waals surface area contributed by atoms with Crippen LogP contribution in [-0.2, 0) is 24.8 Å². The van der Waals surface area contributed by atoms with Crippen LogP contribution in [0.1, 0.15) is 12.8 Å². The zero-order valence-corrected chi connectivity index (χ0v) is 9.36. The van der Waals surface area contributed by atoms with Gasteiger partial charge < -0.3 is 20.4 Å². The van der Waals surface area contributed by atoms with Crippen LogP contribution in [0.4, 0.5) is 0 Å². The van der Waals surface area contributed by atoms with Crippen molar-refractivity contribution in [1.82, 2.24) is 0 Å². The maximum atomic E-state index is 10.3. The summed E-state index contributed by atoms with van der Waals surface area (Å²) in [4.78, 5) is 30.5. The Morgan fingerprint density at radius 2 is 1.00 bits per heavy atom. The van der Waals surface area contributed by atoms with E-state index in [9.17, 15) is 14.4 Å². The standard InChI is InChI=1S/C6H8O7.3Na.H2O4S.3H/c7-3(8)1-6(13,5(11)12)2-4(9)10;;;;1-5(2,3)4;;;/h13H,1-2H2,(H,7,8)(H,9,10)(H,11,12);;;;(H2,1,2,3,4);;;. The molecule has 0 aliphatic heterocycles. The van der Waals surface area contributed by atoms with Gasteiger partial charge in [0.1, 0.15) is 0 Å². The first kappa shape index (κ1) is 33.8. The molecule has 21 heavy (non-hydrogen) atoms. The quantitative estimate of drug-likeness (QED) is 0.206. The Labute approximate surface area is 185 Å². The van der Waals surface area contributed by atoms with E-state index in [4.69, 9.17) is 37.9 Å². The van der Waals surface area contributed by atoms with E-state index in [1.165, 1.54) is 0 Å². The van der Waals surface area contributed by atoms with E-state index in [0.717, 1.165) is 0 Å². The molecule has 0 aromatic rings. The molecule has 0 atom stereocenters. The molecule has 0 aliphatic rings. The van der Waals surface area contributed by atoms with Crippen molar-refractivity contribution in [3.8, 4) is 0 Å². The zero-order valence-electron chi connectivity index (χ0n) is 8.55. The maximum absolute atomic E-state index is 10.3. The molecule has 0 aromatic carbocycles. The molecule has 0 saturated heterocycles. The van der Waals surface area contributed by atoms with Crippen molar-refractivity contribution >= 4 is 117 Å². The van der Waals surface area contributed by atoms with E-state index in [2.05, 4.69) is 0 Å². The molecule has 0 bridgehead atoms. The van der Waals surface area contributed by atoms with Crippen LogP contribution in [-0.4, -0.2) is 150 Å². The summed E-state index contributed by atoms with van der Waals surface area (Å²) in [6, 6.07) is 0. The van der Waals surface area contributed by atoms with Crippen molar-refractivity contribution in [3.63, 3.8) is 0 Å². The van der Waals surface area contributed by atoms with Gasteiger partial charge >= 0.3 is 117 Å². The summed E-state index contributed by atoms with van der Waals surface area (Å²) in [7, 11) is -4.67. The molecule has 0 spiro atoms. The summed E-state index contributed by atoms with van der Waals surface area (Å²) in [6.07, 6.45) is -2.29. The van der Waals surface area contributed by atoms with Crippen LogP contribution in [0.15, 0.2) is 0 Å². The molecule has 0 radical (unpaired) electrons. The Kier molecular flexibility index (Phi) is 23.8. The summed E-state index contributed by atoms with van der Waals surface area (Å²) < 4.78 is 31.6. The SMILES string of the molecule is O=C(O)CC(O)(CC(=O)O)C(=O)O.O=S(=O)(O)O.[NaH].[NaH].[NaH]. The molecule has 15 heteroatoms. The van der Waals surface area contributed by atoms with E-state index >= 15 is 0 Å². The van der Waals surface area contributed by atoms with Crippen molar-refractivity contribution in [2.45, 2.75) is 18.4 Å². The monoisotopic (exact) mass is 362 g/mol. The van der Waals surface area contributed by atoms with E-state index in [-0.39, 0.29) is 88.7 Å². The molecule has 0 fully saturated rings. The van der Waals surface area contributed by atoms with Gasteiger partial charge in [0, 0.05) is 0 Å². The Balaban J connectivity index is -0.0000000933. The van der Waals surface area contributed by atoms with E-state index in [0.29, 0.717) is 0 Å². The third-order valence-electron chi connectivity index (χ3n) is 1.29. The van der Waals surface area contributed by atoms with Gasteiger partial charge in [0.05, 0.1) is 12.8 Å². The van der Waals surface area contributed by atoms with Gasteiger partial charge in [-0.3, -0.25) is 18.7 Å². The van der Waals surface area contributed by atoms with Crippen LogP contribution in [0.25, 0.3) is 0 Å². The number of hydrogen-bond donors (Lipinski definition) is 6. The number of hydrogen-bond acceptors (Lipinski definition) is 6. The van der Waals surface area contributed by atoms with Gasteiger partial charge in [-0.2, -0.15) is 8.42 Å². The third-order valence-corrected chi connectivity index (χ3v) is 1.29. The number of rotatable bonds is 5. The summed E-state index contributed by atoms with van der Waals surface area (Å²) in [6.45, 7) is 0. The summed E-state index contributed by atoms with van der Waals surface area (Å²) in [5.41, 5.74) is -2.74. The van der Waals surface area contributed by atoms with Gasteiger partial charge in [-0.05, 0) is 0 Å². The summed E-state index contributed by atoms with van der Waals surface area (Å²) in [5.74, 6) is -5.02. The van der Waals surface area contributed by atoms with Crippen LogP contribution < -0.4 is 0 Å². The molecule has 0 aromatic heterocycles. The summed E-state index contributed by atoms with van der Waals surface area (Å²) >= 11 is 0. The summed E-state index contributed by atoms with van der Waals surface area (Å²) in [5, 5.41) is 33.8. The predicted octanol–water partition coefficient (Wildman–Crippen LogP) is -3.85. The predicted molar refractivity (Wildman–Crippen MR) is 72.7 cm³/mol. The van der Waals surface area contributed by atoms with Crippen LogP contribution in [0.5, 0.6) is 0 Å². The average Bonchev–Trinajstić information content (AvgIpc) is 1.95. The Morgan fingerprint density at radius 1 is 0.810 bits per heavy atom. The molecular weight excluding hydrogens is 349 g/mol. The van der Waals surface area contributed by atoms with Gasteiger partial charge in [-0.1, -0.05) is 0 Å². The van der Waals surface area contributed by atoms with Crippen molar-refractivity contribution in [2.75, 3.05) is 0 Å². The number of carboxylic acid groups (broad SMARTS) is 3. The molecule has 0 amide bonds. The van der Waals surface area contributed by atoms with E-state index < -0.39 is 46.7 Å². The molecule has 112 valence electrons.